The molecule has 2 fully saturated rings. The topological polar surface area (TPSA) is 0 Å². The Morgan fingerprint density at radius 2 is 0.931 bits per heavy atom. The van der Waals surface area contributed by atoms with Gasteiger partial charge in [-0.25, -0.2) is 0 Å². The van der Waals surface area contributed by atoms with Crippen LogP contribution in [0.1, 0.15) is 157 Å². The number of benzene rings is 4. The van der Waals surface area contributed by atoms with Gasteiger partial charge in [-0.05, 0) is 0 Å². The molecule has 0 radical (unpaired) electrons. The van der Waals surface area contributed by atoms with Crippen molar-refractivity contribution >= 4 is 35.1 Å². The van der Waals surface area contributed by atoms with Crippen molar-refractivity contribution in [2.45, 2.75) is 151 Å². The van der Waals surface area contributed by atoms with Crippen LogP contribution in [0.4, 0.5) is 0 Å². The molecule has 4 aliphatic rings. The van der Waals surface area contributed by atoms with Crippen LogP contribution in [-0.2, 0) is 15.6 Å². The summed E-state index contributed by atoms with van der Waals surface area (Å²) in [5.74, 6) is -1.74. The first-order chi connectivity index (χ1) is 27.9. The maximum absolute atomic E-state index is 9.26. The standard InChI is InChI=1S/2C26H31.C2H7Si.2ClH.Zr/c2*1-3-14-26(15-5-4-6-16-26)19-21-17-23-8-7-9-24(25(23)18-21)22-12-10-20(2)11-13-22;1-3-2;;;/h2*7-13,17-18H,3-6,14-16,19H2,1-2H3;3H,1-2H3;2*1H;/q;;;;;+2/p-2. The third-order valence-electron chi connectivity index (χ3n) is 15.8. The number of hydrogen-bond donors (Lipinski definition) is 0. The Labute approximate surface area is 361 Å². The first kappa shape index (κ1) is 42.7. The predicted molar refractivity (Wildman–Crippen MR) is 255 cm³/mol. The molecule has 0 aliphatic heterocycles. The van der Waals surface area contributed by atoms with Crippen LogP contribution in [0, 0.1) is 24.7 Å². The van der Waals surface area contributed by atoms with Gasteiger partial charge in [-0.1, -0.05) is 0 Å². The van der Waals surface area contributed by atoms with Gasteiger partial charge >= 0.3 is 364 Å². The zero-order valence-electron chi connectivity index (χ0n) is 36.5. The Morgan fingerprint density at radius 1 is 0.552 bits per heavy atom. The zero-order valence-corrected chi connectivity index (χ0v) is 41.7. The monoisotopic (exact) mass is 905 g/mol. The van der Waals surface area contributed by atoms with Crippen molar-refractivity contribution in [2.24, 2.45) is 10.8 Å². The van der Waals surface area contributed by atoms with E-state index in [1.807, 2.05) is 0 Å². The zero-order chi connectivity index (χ0) is 40.7. The van der Waals surface area contributed by atoms with Crippen molar-refractivity contribution in [3.8, 4) is 22.3 Å². The van der Waals surface area contributed by atoms with E-state index in [1.54, 1.807) is 11.1 Å². The van der Waals surface area contributed by atoms with Crippen molar-refractivity contribution < 1.29 is 15.6 Å². The average molecular weight is 908 g/mol. The number of aryl methyl sites for hydroxylation is 2. The van der Waals surface area contributed by atoms with Crippen LogP contribution in [0.2, 0.25) is 13.1 Å². The van der Waals surface area contributed by atoms with Gasteiger partial charge in [-0.2, -0.15) is 0 Å². The Bertz CT molecular complexity index is 2000. The summed E-state index contributed by atoms with van der Waals surface area (Å²) in [6, 6.07) is 32.7. The number of rotatable bonds is 13. The molecule has 2 atom stereocenters. The summed E-state index contributed by atoms with van der Waals surface area (Å²) in [5, 5.41) is 0. The third-order valence-corrected chi connectivity index (χ3v) is 67.6. The van der Waals surface area contributed by atoms with E-state index in [0.29, 0.717) is 10.8 Å². The quantitative estimate of drug-likeness (QED) is 0.117. The summed E-state index contributed by atoms with van der Waals surface area (Å²) in [7, 11) is 18.5. The second-order valence-corrected chi connectivity index (χ2v) is 62.5. The van der Waals surface area contributed by atoms with Gasteiger partial charge < -0.3 is 0 Å². The summed E-state index contributed by atoms with van der Waals surface area (Å²) in [4.78, 5) is 0. The molecule has 0 spiro atoms. The van der Waals surface area contributed by atoms with Crippen molar-refractivity contribution in [3.05, 3.63) is 129 Å². The van der Waals surface area contributed by atoms with Crippen LogP contribution in [0.5, 0.6) is 0 Å². The molecule has 0 bridgehead atoms. The molecule has 4 aliphatic carbocycles. The van der Waals surface area contributed by atoms with Gasteiger partial charge in [0.1, 0.15) is 0 Å². The summed E-state index contributed by atoms with van der Waals surface area (Å²) in [6.45, 7) is 14.3. The second-order valence-electron chi connectivity index (χ2n) is 20.0. The Balaban J connectivity index is 1.37. The van der Waals surface area contributed by atoms with Crippen LogP contribution in [0.25, 0.3) is 34.4 Å². The molecular formula is C54H69Cl2SiZr. The molecule has 2 saturated carbocycles. The number of fused-ring (bicyclic) bond motifs is 2. The van der Waals surface area contributed by atoms with Gasteiger partial charge in [0.2, 0.25) is 0 Å². The maximum atomic E-state index is 9.26. The average Bonchev–Trinajstić information content (AvgIpc) is 3.78. The van der Waals surface area contributed by atoms with Crippen LogP contribution < -0.4 is 0 Å². The predicted octanol–water partition coefficient (Wildman–Crippen LogP) is 17.5. The van der Waals surface area contributed by atoms with E-state index in [1.165, 1.54) is 146 Å². The van der Waals surface area contributed by atoms with Crippen molar-refractivity contribution in [3.63, 3.8) is 0 Å². The minimum atomic E-state index is -5.09. The molecule has 2 unspecified atom stereocenters. The summed E-state index contributed by atoms with van der Waals surface area (Å²) < 4.78 is 0.228. The van der Waals surface area contributed by atoms with E-state index < -0.39 is 21.5 Å². The van der Waals surface area contributed by atoms with E-state index in [9.17, 15) is 17.0 Å². The number of halogens is 2. The molecule has 0 heterocycles. The number of hydrogen-bond acceptors (Lipinski definition) is 0. The van der Waals surface area contributed by atoms with Gasteiger partial charge in [-0.3, -0.25) is 0 Å². The fourth-order valence-electron chi connectivity index (χ4n) is 12.9. The minimum absolute atomic E-state index is 0.114. The van der Waals surface area contributed by atoms with Crippen LogP contribution in [0.3, 0.4) is 0 Å². The Kier molecular flexibility index (Phi) is 12.6. The van der Waals surface area contributed by atoms with Crippen LogP contribution in [0.15, 0.2) is 96.1 Å². The third kappa shape index (κ3) is 7.75. The summed E-state index contributed by atoms with van der Waals surface area (Å²) in [6.07, 6.45) is 26.1. The van der Waals surface area contributed by atoms with E-state index >= 15 is 0 Å². The Morgan fingerprint density at radius 3 is 1.28 bits per heavy atom. The van der Waals surface area contributed by atoms with Gasteiger partial charge in [0, 0.05) is 0 Å². The molecule has 58 heavy (non-hydrogen) atoms. The van der Waals surface area contributed by atoms with E-state index in [4.69, 9.17) is 0 Å². The molecule has 0 N–H and O–H groups in total. The molecule has 0 amide bonds. The second kappa shape index (κ2) is 17.1. The molecule has 307 valence electrons. The van der Waals surface area contributed by atoms with Gasteiger partial charge in [-0.15, -0.1) is 0 Å². The van der Waals surface area contributed by atoms with Crippen LogP contribution in [-0.4, -0.2) is 5.92 Å². The molecule has 0 nitrogen and oxygen atoms in total. The summed E-state index contributed by atoms with van der Waals surface area (Å²) in [5.41, 5.74) is 17.4. The van der Waals surface area contributed by atoms with E-state index in [2.05, 4.69) is 138 Å². The Hall–Kier alpha value is -1.96. The first-order valence-corrected chi connectivity index (χ1v) is 39.6. The fourth-order valence-corrected chi connectivity index (χ4v) is 44.2. The fraction of sp³-hybridized carbons (Fsp3) is 0.481. The van der Waals surface area contributed by atoms with Gasteiger partial charge in [0.05, 0.1) is 0 Å². The molecule has 4 aromatic carbocycles. The van der Waals surface area contributed by atoms with E-state index in [0.717, 1.165) is 12.8 Å². The molecule has 4 aromatic rings. The van der Waals surface area contributed by atoms with Crippen molar-refractivity contribution in [1.82, 2.24) is 0 Å². The molecule has 0 saturated heterocycles. The van der Waals surface area contributed by atoms with Gasteiger partial charge in [0.25, 0.3) is 0 Å². The molecule has 8 rings (SSSR count). The molecule has 0 aromatic heterocycles. The normalized spacial score (nSPS) is 21.8. The summed E-state index contributed by atoms with van der Waals surface area (Å²) >= 11 is -5.09. The number of allylic oxidation sites excluding steroid dienone is 2. The van der Waals surface area contributed by atoms with Crippen molar-refractivity contribution in [1.29, 1.82) is 0 Å². The van der Waals surface area contributed by atoms with Crippen LogP contribution >= 0.6 is 17.0 Å². The molecular weight excluding hydrogens is 839 g/mol. The van der Waals surface area contributed by atoms with E-state index in [-0.39, 0.29) is 7.25 Å². The van der Waals surface area contributed by atoms with Gasteiger partial charge in [0.15, 0.2) is 0 Å². The van der Waals surface area contributed by atoms with Crippen molar-refractivity contribution in [2.75, 3.05) is 0 Å². The molecule has 4 heteroatoms. The SMILES string of the molecule is CCCC1(CC2=Cc3c(-c4ccc(C)cc4)cccc3[CH]2[Zr]([Cl])([Cl])([CH]2C(CC3(CCC)CCCCC3)=Cc3c(-c4ccc(C)cc4)cccc32)[SiH](C)C)CCCCC1. The first-order valence-electron chi connectivity index (χ1n) is 23.3.